The zero-order valence-electron chi connectivity index (χ0n) is 21.1. The number of halogens is 1. The van der Waals surface area contributed by atoms with Crippen LogP contribution in [0.4, 0.5) is 11.4 Å². The highest BCUT2D eigenvalue weighted by molar-refractivity contribution is 7.92. The van der Waals surface area contributed by atoms with E-state index in [2.05, 4.69) is 10.0 Å². The van der Waals surface area contributed by atoms with Crippen LogP contribution in [0.3, 0.4) is 0 Å². The number of nitrogens with zero attached hydrogens (tertiary/aromatic N) is 1. The van der Waals surface area contributed by atoms with Crippen LogP contribution in [-0.4, -0.2) is 40.1 Å². The molecule has 8 nitrogen and oxygen atoms in total. The molecule has 38 heavy (non-hydrogen) atoms. The molecule has 3 aromatic rings. The minimum absolute atomic E-state index is 0.0436. The quantitative estimate of drug-likeness (QED) is 0.395. The molecule has 0 bridgehead atoms. The van der Waals surface area contributed by atoms with Crippen LogP contribution < -0.4 is 10.0 Å². The summed E-state index contributed by atoms with van der Waals surface area (Å²) < 4.78 is 55.4. The van der Waals surface area contributed by atoms with Gasteiger partial charge in [0.2, 0.25) is 15.9 Å². The molecule has 1 amide bonds. The number of anilines is 2. The largest absolute Gasteiger partial charge is 0.326 e. The van der Waals surface area contributed by atoms with E-state index < -0.39 is 20.0 Å². The lowest BCUT2D eigenvalue weighted by molar-refractivity contribution is -0.120. The van der Waals surface area contributed by atoms with Crippen LogP contribution in [0.25, 0.3) is 0 Å². The Morgan fingerprint density at radius 3 is 2.24 bits per heavy atom. The Kier molecular flexibility index (Phi) is 8.46. The first-order valence-electron chi connectivity index (χ1n) is 12.2. The topological polar surface area (TPSA) is 113 Å². The molecule has 0 spiro atoms. The zero-order valence-corrected chi connectivity index (χ0v) is 23.5. The van der Waals surface area contributed by atoms with Gasteiger partial charge in [-0.25, -0.2) is 21.1 Å². The average molecular weight is 576 g/mol. The smallest absolute Gasteiger partial charge is 0.261 e. The summed E-state index contributed by atoms with van der Waals surface area (Å²) >= 11 is 6.08. The van der Waals surface area contributed by atoms with Gasteiger partial charge in [-0.05, 0) is 79.8 Å². The number of nitrogens with one attached hydrogen (secondary N) is 2. The number of sulfonamides is 2. The first kappa shape index (κ1) is 28.1. The van der Waals surface area contributed by atoms with E-state index >= 15 is 0 Å². The van der Waals surface area contributed by atoms with Gasteiger partial charge in [0.15, 0.2) is 0 Å². The number of aryl methyl sites for hydroxylation is 1. The van der Waals surface area contributed by atoms with Crippen molar-refractivity contribution in [3.05, 3.63) is 88.4 Å². The summed E-state index contributed by atoms with van der Waals surface area (Å²) in [5, 5.41) is 3.27. The molecular formula is C27H30ClN3O5S2. The summed E-state index contributed by atoms with van der Waals surface area (Å²) in [5.74, 6) is -0.614. The van der Waals surface area contributed by atoms with Crippen LogP contribution in [-0.2, 0) is 30.6 Å². The van der Waals surface area contributed by atoms with Gasteiger partial charge in [0.05, 0.1) is 16.3 Å². The van der Waals surface area contributed by atoms with Gasteiger partial charge in [0, 0.05) is 29.7 Å². The lowest BCUT2D eigenvalue weighted by Gasteiger charge is -2.30. The number of rotatable bonds is 8. The minimum atomic E-state index is -3.85. The molecule has 11 heteroatoms. The van der Waals surface area contributed by atoms with Crippen molar-refractivity contribution in [1.29, 1.82) is 0 Å². The standard InChI is InChI=1S/C27H30ClN3O5S2/c1-19-6-3-4-7-22(19)18-37(33,34)31-16-14-21(15-17-31)27(32)29-23-10-12-24(13-11-23)38(35,36)30-26-9-5-8-25(28)20(26)2/h3-13,21,30H,14-18H2,1-2H3,(H,29,32). The molecule has 2 N–H and O–H groups in total. The Hall–Kier alpha value is -2.92. The number of piperidine rings is 1. The third-order valence-electron chi connectivity index (χ3n) is 6.76. The van der Waals surface area contributed by atoms with Crippen molar-refractivity contribution in [2.75, 3.05) is 23.1 Å². The van der Waals surface area contributed by atoms with E-state index in [-0.39, 0.29) is 35.6 Å². The summed E-state index contributed by atoms with van der Waals surface area (Å²) in [4.78, 5) is 12.9. The van der Waals surface area contributed by atoms with E-state index in [0.29, 0.717) is 34.8 Å². The second kappa shape index (κ2) is 11.4. The van der Waals surface area contributed by atoms with Crippen molar-refractivity contribution in [2.24, 2.45) is 5.92 Å². The SMILES string of the molecule is Cc1ccccc1CS(=O)(=O)N1CCC(C(=O)Nc2ccc(S(=O)(=O)Nc3cccc(Cl)c3C)cc2)CC1. The van der Waals surface area contributed by atoms with Crippen molar-refractivity contribution < 1.29 is 21.6 Å². The fraction of sp³-hybridized carbons (Fsp3) is 0.296. The van der Waals surface area contributed by atoms with Crippen molar-refractivity contribution in [2.45, 2.75) is 37.3 Å². The number of carbonyl (C=O) groups is 1. The molecule has 0 unspecified atom stereocenters. The Balaban J connectivity index is 1.33. The summed E-state index contributed by atoms with van der Waals surface area (Å²) in [6, 6.07) is 18.3. The maximum absolute atomic E-state index is 12.9. The summed E-state index contributed by atoms with van der Waals surface area (Å²) in [5.41, 5.74) is 3.18. The molecule has 1 aliphatic heterocycles. The zero-order chi connectivity index (χ0) is 27.5. The number of carbonyl (C=O) groups excluding carboxylic acids is 1. The van der Waals surface area contributed by atoms with Crippen LogP contribution in [0.1, 0.15) is 29.5 Å². The Bertz CT molecular complexity index is 1530. The molecule has 202 valence electrons. The third kappa shape index (κ3) is 6.55. The molecular weight excluding hydrogens is 546 g/mol. The number of benzene rings is 3. The Morgan fingerprint density at radius 1 is 0.921 bits per heavy atom. The molecule has 4 rings (SSSR count). The fourth-order valence-corrected chi connectivity index (χ4v) is 7.30. The molecule has 0 radical (unpaired) electrons. The van der Waals surface area contributed by atoms with E-state index in [1.54, 1.807) is 25.1 Å². The van der Waals surface area contributed by atoms with Crippen LogP contribution >= 0.6 is 11.6 Å². The van der Waals surface area contributed by atoms with Gasteiger partial charge < -0.3 is 5.32 Å². The summed E-state index contributed by atoms with van der Waals surface area (Å²) in [6.45, 7) is 4.17. The molecule has 0 saturated carbocycles. The van der Waals surface area contributed by atoms with Crippen LogP contribution in [0, 0.1) is 19.8 Å². The summed E-state index contributed by atoms with van der Waals surface area (Å²) in [6.07, 6.45) is 0.822. The Morgan fingerprint density at radius 2 is 1.58 bits per heavy atom. The van der Waals surface area contributed by atoms with E-state index in [9.17, 15) is 21.6 Å². The third-order valence-corrected chi connectivity index (χ3v) is 10.4. The molecule has 3 aromatic carbocycles. The van der Waals surface area contributed by atoms with Crippen LogP contribution in [0.2, 0.25) is 5.02 Å². The Labute approximate surface area is 229 Å². The molecule has 0 atom stereocenters. The predicted octanol–water partition coefficient (Wildman–Crippen LogP) is 4.94. The summed E-state index contributed by atoms with van der Waals surface area (Å²) in [7, 11) is -7.33. The van der Waals surface area contributed by atoms with Gasteiger partial charge in [0.1, 0.15) is 0 Å². The minimum Gasteiger partial charge on any atom is -0.326 e. The lowest BCUT2D eigenvalue weighted by Crippen LogP contribution is -2.41. The molecule has 1 saturated heterocycles. The van der Waals surface area contributed by atoms with Crippen molar-refractivity contribution in [3.8, 4) is 0 Å². The lowest BCUT2D eigenvalue weighted by atomic mass is 9.97. The van der Waals surface area contributed by atoms with E-state index in [1.165, 1.54) is 28.6 Å². The highest BCUT2D eigenvalue weighted by atomic mass is 35.5. The highest BCUT2D eigenvalue weighted by Gasteiger charge is 2.31. The van der Waals surface area contributed by atoms with Crippen molar-refractivity contribution >= 4 is 48.9 Å². The monoisotopic (exact) mass is 575 g/mol. The average Bonchev–Trinajstić information content (AvgIpc) is 2.88. The predicted molar refractivity (Wildman–Crippen MR) is 150 cm³/mol. The maximum atomic E-state index is 12.9. The number of hydrogen-bond donors (Lipinski definition) is 2. The fourth-order valence-electron chi connectivity index (χ4n) is 4.34. The number of hydrogen-bond acceptors (Lipinski definition) is 5. The highest BCUT2D eigenvalue weighted by Crippen LogP contribution is 2.27. The second-order valence-corrected chi connectivity index (χ2v) is 13.4. The molecule has 1 aliphatic rings. The van der Waals surface area contributed by atoms with Gasteiger partial charge >= 0.3 is 0 Å². The van der Waals surface area contributed by atoms with Crippen LogP contribution in [0.15, 0.2) is 71.6 Å². The second-order valence-electron chi connectivity index (χ2n) is 9.39. The van der Waals surface area contributed by atoms with E-state index in [0.717, 1.165) is 11.1 Å². The number of amides is 1. The van der Waals surface area contributed by atoms with Gasteiger partial charge in [-0.15, -0.1) is 0 Å². The van der Waals surface area contributed by atoms with Gasteiger partial charge in [-0.1, -0.05) is 41.9 Å². The van der Waals surface area contributed by atoms with E-state index in [1.807, 2.05) is 31.2 Å². The molecule has 0 aliphatic carbocycles. The van der Waals surface area contributed by atoms with Gasteiger partial charge in [-0.2, -0.15) is 0 Å². The first-order valence-corrected chi connectivity index (χ1v) is 15.6. The first-order chi connectivity index (χ1) is 18.0. The maximum Gasteiger partial charge on any atom is 0.261 e. The molecule has 1 heterocycles. The van der Waals surface area contributed by atoms with Gasteiger partial charge in [-0.3, -0.25) is 9.52 Å². The van der Waals surface area contributed by atoms with Crippen molar-refractivity contribution in [1.82, 2.24) is 4.31 Å². The van der Waals surface area contributed by atoms with Crippen molar-refractivity contribution in [3.63, 3.8) is 0 Å². The molecule has 1 fully saturated rings. The van der Waals surface area contributed by atoms with E-state index in [4.69, 9.17) is 11.6 Å². The van der Waals surface area contributed by atoms with Gasteiger partial charge in [0.25, 0.3) is 10.0 Å². The molecule has 0 aromatic heterocycles. The van der Waals surface area contributed by atoms with Crippen LogP contribution in [0.5, 0.6) is 0 Å². The normalized spacial score (nSPS) is 15.2.